The van der Waals surface area contributed by atoms with E-state index in [0.29, 0.717) is 5.56 Å². The van der Waals surface area contributed by atoms with E-state index in [1.54, 1.807) is 13.0 Å². The first-order valence-corrected chi connectivity index (χ1v) is 4.42. The van der Waals surface area contributed by atoms with Crippen LogP contribution >= 0.6 is 0 Å². The van der Waals surface area contributed by atoms with Gasteiger partial charge in [-0.2, -0.15) is 0 Å². The van der Waals surface area contributed by atoms with Crippen molar-refractivity contribution in [2.24, 2.45) is 0 Å². The minimum Gasteiger partial charge on any atom is -0.396 e. The topological polar surface area (TPSA) is 63.4 Å². The molecule has 0 fully saturated rings. The van der Waals surface area contributed by atoms with Gasteiger partial charge in [0, 0.05) is 24.2 Å². The molecule has 1 rings (SSSR count). The molecule has 4 nitrogen and oxygen atoms in total. The number of nitro benzene ring substituents is 1. The van der Waals surface area contributed by atoms with Crippen molar-refractivity contribution in [1.29, 1.82) is 0 Å². The van der Waals surface area contributed by atoms with Gasteiger partial charge in [-0.25, -0.2) is 0 Å². The summed E-state index contributed by atoms with van der Waals surface area (Å²) in [5.74, 6) is -0.0603. The molecular weight excluding hydrogens is 182 g/mol. The molecule has 0 aromatic heterocycles. The minimum atomic E-state index is -0.400. The summed E-state index contributed by atoms with van der Waals surface area (Å²) in [6.07, 6.45) is 0. The maximum Gasteiger partial charge on any atom is 0.272 e. The van der Waals surface area contributed by atoms with Crippen LogP contribution in [-0.4, -0.2) is 16.6 Å². The predicted molar refractivity (Wildman–Crippen MR) is 53.3 cm³/mol. The second-order valence-electron chi connectivity index (χ2n) is 3.33. The molecule has 0 heterocycles. The predicted octanol–water partition coefficient (Wildman–Crippen LogP) is 2.00. The number of hydrogen-bond acceptors (Lipinski definition) is 3. The van der Waals surface area contributed by atoms with Crippen LogP contribution < -0.4 is 0 Å². The summed E-state index contributed by atoms with van der Waals surface area (Å²) in [5, 5.41) is 19.6. The molecule has 1 aromatic rings. The Balaban J connectivity index is 3.20. The quantitative estimate of drug-likeness (QED) is 0.592. The number of benzene rings is 1. The highest BCUT2D eigenvalue weighted by Crippen LogP contribution is 2.26. The summed E-state index contributed by atoms with van der Waals surface area (Å²) in [7, 11) is 0. The van der Waals surface area contributed by atoms with Gasteiger partial charge in [0.1, 0.15) is 0 Å². The van der Waals surface area contributed by atoms with Crippen molar-refractivity contribution in [3.05, 3.63) is 39.4 Å². The molecular formula is C10H13NO3. The number of nitro groups is 1. The van der Waals surface area contributed by atoms with E-state index in [1.807, 2.05) is 13.0 Å². The van der Waals surface area contributed by atoms with Crippen LogP contribution in [0.3, 0.4) is 0 Å². The molecule has 1 unspecified atom stereocenters. The van der Waals surface area contributed by atoms with Gasteiger partial charge in [-0.05, 0) is 12.5 Å². The Morgan fingerprint density at radius 1 is 1.57 bits per heavy atom. The lowest BCUT2D eigenvalue weighted by molar-refractivity contribution is -0.385. The van der Waals surface area contributed by atoms with E-state index in [4.69, 9.17) is 5.11 Å². The lowest BCUT2D eigenvalue weighted by Crippen LogP contribution is -2.03. The average molecular weight is 195 g/mol. The highest BCUT2D eigenvalue weighted by atomic mass is 16.6. The molecule has 0 radical (unpaired) electrons. The maximum atomic E-state index is 10.6. The monoisotopic (exact) mass is 195 g/mol. The molecule has 0 bridgehead atoms. The van der Waals surface area contributed by atoms with E-state index >= 15 is 0 Å². The van der Waals surface area contributed by atoms with Crippen molar-refractivity contribution in [1.82, 2.24) is 0 Å². The summed E-state index contributed by atoms with van der Waals surface area (Å²) in [6, 6.07) is 4.93. The van der Waals surface area contributed by atoms with Crippen molar-refractivity contribution in [2.75, 3.05) is 6.61 Å². The van der Waals surface area contributed by atoms with Gasteiger partial charge in [-0.1, -0.05) is 19.1 Å². The number of hydrogen-bond donors (Lipinski definition) is 1. The van der Waals surface area contributed by atoms with Crippen molar-refractivity contribution in [2.45, 2.75) is 19.8 Å². The molecule has 1 N–H and O–H groups in total. The van der Waals surface area contributed by atoms with Crippen molar-refractivity contribution in [3.63, 3.8) is 0 Å². The molecule has 0 amide bonds. The molecule has 76 valence electrons. The zero-order valence-corrected chi connectivity index (χ0v) is 8.23. The van der Waals surface area contributed by atoms with Gasteiger partial charge in [-0.3, -0.25) is 10.1 Å². The van der Waals surface area contributed by atoms with E-state index in [0.717, 1.165) is 5.56 Å². The Morgan fingerprint density at radius 2 is 2.21 bits per heavy atom. The molecule has 4 heteroatoms. The molecule has 14 heavy (non-hydrogen) atoms. The number of nitrogens with zero attached hydrogens (tertiary/aromatic N) is 1. The van der Waals surface area contributed by atoms with Crippen LogP contribution in [0.5, 0.6) is 0 Å². The number of aliphatic hydroxyl groups is 1. The zero-order chi connectivity index (χ0) is 10.7. The summed E-state index contributed by atoms with van der Waals surface area (Å²) >= 11 is 0. The van der Waals surface area contributed by atoms with Crippen LogP contribution in [-0.2, 0) is 0 Å². The first-order valence-electron chi connectivity index (χ1n) is 4.42. The van der Waals surface area contributed by atoms with E-state index in [2.05, 4.69) is 0 Å². The Morgan fingerprint density at radius 3 is 2.71 bits per heavy atom. The molecule has 0 aliphatic rings. The Hall–Kier alpha value is -1.42. The summed E-state index contributed by atoms with van der Waals surface area (Å²) in [4.78, 5) is 10.2. The standard InChI is InChI=1S/C10H13NO3/c1-7(6-12)9-4-3-5-10(8(9)2)11(13)14/h3-5,7,12H,6H2,1-2H3. The van der Waals surface area contributed by atoms with E-state index in [-0.39, 0.29) is 18.2 Å². The van der Waals surface area contributed by atoms with Crippen molar-refractivity contribution >= 4 is 5.69 Å². The molecule has 0 saturated heterocycles. The molecule has 0 spiro atoms. The Bertz CT molecular complexity index is 349. The van der Waals surface area contributed by atoms with Crippen LogP contribution in [0.1, 0.15) is 24.0 Å². The Labute approximate surface area is 82.3 Å². The fourth-order valence-corrected chi connectivity index (χ4v) is 1.47. The van der Waals surface area contributed by atoms with Crippen LogP contribution in [0.2, 0.25) is 0 Å². The summed E-state index contributed by atoms with van der Waals surface area (Å²) < 4.78 is 0. The third kappa shape index (κ3) is 1.90. The third-order valence-electron chi connectivity index (χ3n) is 2.35. The summed E-state index contributed by atoms with van der Waals surface area (Å²) in [5.41, 5.74) is 1.59. The first-order chi connectivity index (χ1) is 6.57. The molecule has 1 atom stereocenters. The third-order valence-corrected chi connectivity index (χ3v) is 2.35. The van der Waals surface area contributed by atoms with Gasteiger partial charge < -0.3 is 5.11 Å². The number of aliphatic hydroxyl groups excluding tert-OH is 1. The Kier molecular flexibility index (Phi) is 3.19. The maximum absolute atomic E-state index is 10.6. The van der Waals surface area contributed by atoms with Gasteiger partial charge in [0.25, 0.3) is 5.69 Å². The zero-order valence-electron chi connectivity index (χ0n) is 8.23. The smallest absolute Gasteiger partial charge is 0.272 e. The summed E-state index contributed by atoms with van der Waals surface area (Å²) in [6.45, 7) is 3.55. The van der Waals surface area contributed by atoms with E-state index < -0.39 is 4.92 Å². The van der Waals surface area contributed by atoms with E-state index in [9.17, 15) is 10.1 Å². The second-order valence-corrected chi connectivity index (χ2v) is 3.33. The SMILES string of the molecule is Cc1c(C(C)CO)cccc1[N+](=O)[O-]. The van der Waals surface area contributed by atoms with Gasteiger partial charge in [0.15, 0.2) is 0 Å². The van der Waals surface area contributed by atoms with Crippen LogP contribution in [0.25, 0.3) is 0 Å². The molecule has 0 saturated carbocycles. The normalized spacial score (nSPS) is 12.5. The van der Waals surface area contributed by atoms with Gasteiger partial charge in [-0.15, -0.1) is 0 Å². The average Bonchev–Trinajstić information content (AvgIpc) is 2.16. The van der Waals surface area contributed by atoms with Crippen molar-refractivity contribution < 1.29 is 10.0 Å². The molecule has 0 aliphatic heterocycles. The van der Waals surface area contributed by atoms with Gasteiger partial charge >= 0.3 is 0 Å². The minimum absolute atomic E-state index is 0.00199. The molecule has 0 aliphatic carbocycles. The fraction of sp³-hybridized carbons (Fsp3) is 0.400. The largest absolute Gasteiger partial charge is 0.396 e. The lowest BCUT2D eigenvalue weighted by Gasteiger charge is -2.11. The van der Waals surface area contributed by atoms with Gasteiger partial charge in [0.05, 0.1) is 4.92 Å². The van der Waals surface area contributed by atoms with Crippen molar-refractivity contribution in [3.8, 4) is 0 Å². The fourth-order valence-electron chi connectivity index (χ4n) is 1.47. The van der Waals surface area contributed by atoms with Crippen LogP contribution in [0.15, 0.2) is 18.2 Å². The second kappa shape index (κ2) is 4.19. The lowest BCUT2D eigenvalue weighted by atomic mass is 9.96. The van der Waals surface area contributed by atoms with Gasteiger partial charge in [0.2, 0.25) is 0 Å². The van der Waals surface area contributed by atoms with Crippen LogP contribution in [0.4, 0.5) is 5.69 Å². The molecule has 1 aromatic carbocycles. The number of rotatable bonds is 3. The highest BCUT2D eigenvalue weighted by Gasteiger charge is 2.16. The van der Waals surface area contributed by atoms with Crippen LogP contribution in [0, 0.1) is 17.0 Å². The highest BCUT2D eigenvalue weighted by molar-refractivity contribution is 5.45. The van der Waals surface area contributed by atoms with E-state index in [1.165, 1.54) is 6.07 Å². The first kappa shape index (κ1) is 10.7.